The molecule has 0 spiro atoms. The molecular formula is C24H21NO2. The van der Waals surface area contributed by atoms with Crippen LogP contribution in [0.4, 0.5) is 0 Å². The molecule has 0 saturated heterocycles. The van der Waals surface area contributed by atoms with Crippen LogP contribution in [-0.2, 0) is 13.2 Å². The Morgan fingerprint density at radius 2 is 1.59 bits per heavy atom. The van der Waals surface area contributed by atoms with Crippen molar-refractivity contribution in [2.24, 2.45) is 0 Å². The van der Waals surface area contributed by atoms with Gasteiger partial charge in [-0.3, -0.25) is 4.79 Å². The molecule has 0 fully saturated rings. The molecule has 134 valence electrons. The predicted octanol–water partition coefficient (Wildman–Crippen LogP) is 5.39. The molecular weight excluding hydrogens is 334 g/mol. The topological polar surface area (TPSA) is 31.2 Å². The molecule has 0 aliphatic heterocycles. The van der Waals surface area contributed by atoms with E-state index >= 15 is 0 Å². The van der Waals surface area contributed by atoms with E-state index in [0.29, 0.717) is 13.2 Å². The third kappa shape index (κ3) is 3.77. The number of nitrogens with zero attached hydrogens (tertiary/aromatic N) is 1. The summed E-state index contributed by atoms with van der Waals surface area (Å²) in [6, 6.07) is 24.5. The van der Waals surface area contributed by atoms with E-state index in [1.165, 1.54) is 5.56 Å². The number of aryl methyl sites for hydroxylation is 1. The normalized spacial score (nSPS) is 10.9. The van der Waals surface area contributed by atoms with Crippen LogP contribution in [0.3, 0.4) is 0 Å². The van der Waals surface area contributed by atoms with Gasteiger partial charge in [0, 0.05) is 29.2 Å². The van der Waals surface area contributed by atoms with Gasteiger partial charge in [0.2, 0.25) is 0 Å². The largest absolute Gasteiger partial charge is 0.489 e. The number of hydrogen-bond donors (Lipinski definition) is 0. The minimum Gasteiger partial charge on any atom is -0.489 e. The van der Waals surface area contributed by atoms with Crippen molar-refractivity contribution in [2.75, 3.05) is 0 Å². The lowest BCUT2D eigenvalue weighted by Gasteiger charge is -2.09. The highest BCUT2D eigenvalue weighted by molar-refractivity contribution is 5.97. The second-order valence-corrected chi connectivity index (χ2v) is 6.77. The van der Waals surface area contributed by atoms with E-state index in [9.17, 15) is 4.79 Å². The molecule has 1 heterocycles. The average molecular weight is 355 g/mol. The van der Waals surface area contributed by atoms with Crippen molar-refractivity contribution >= 4 is 17.2 Å². The molecule has 1 aromatic heterocycles. The Kier molecular flexibility index (Phi) is 4.75. The first-order valence-corrected chi connectivity index (χ1v) is 9.03. The third-order valence-corrected chi connectivity index (χ3v) is 4.75. The van der Waals surface area contributed by atoms with Gasteiger partial charge in [0.1, 0.15) is 12.4 Å². The number of hydrogen-bond acceptors (Lipinski definition) is 2. The van der Waals surface area contributed by atoms with Crippen molar-refractivity contribution in [2.45, 2.75) is 20.1 Å². The Balaban J connectivity index is 1.46. The van der Waals surface area contributed by atoms with E-state index < -0.39 is 0 Å². The van der Waals surface area contributed by atoms with Crippen LogP contribution in [0.25, 0.3) is 10.9 Å². The highest BCUT2D eigenvalue weighted by Crippen LogP contribution is 2.22. The zero-order valence-corrected chi connectivity index (χ0v) is 15.3. The molecule has 4 aromatic rings. The van der Waals surface area contributed by atoms with E-state index in [0.717, 1.165) is 39.6 Å². The van der Waals surface area contributed by atoms with Gasteiger partial charge in [-0.1, -0.05) is 60.2 Å². The summed E-state index contributed by atoms with van der Waals surface area (Å²) in [7, 11) is 0. The zero-order valence-electron chi connectivity index (χ0n) is 15.3. The van der Waals surface area contributed by atoms with Crippen molar-refractivity contribution in [3.05, 3.63) is 101 Å². The summed E-state index contributed by atoms with van der Waals surface area (Å²) >= 11 is 0. The van der Waals surface area contributed by atoms with Gasteiger partial charge in [0.15, 0.2) is 6.29 Å². The summed E-state index contributed by atoms with van der Waals surface area (Å²) in [4.78, 5) is 11.3. The van der Waals surface area contributed by atoms with Gasteiger partial charge in [0.25, 0.3) is 0 Å². The van der Waals surface area contributed by atoms with Gasteiger partial charge in [-0.05, 0) is 36.2 Å². The highest BCUT2D eigenvalue weighted by atomic mass is 16.5. The maximum absolute atomic E-state index is 11.3. The number of carbonyl (C=O) groups excluding carboxylic acids is 1. The molecule has 0 saturated carbocycles. The first kappa shape index (κ1) is 17.1. The standard InChI is InChI=1S/C24H21NO2/c1-18-6-8-20(9-7-18)17-27-22-12-10-19(11-13-22)14-25-15-21(16-26)23-4-2-3-5-24(23)25/h2-13,15-16H,14,17H2,1H3. The quantitative estimate of drug-likeness (QED) is 0.434. The molecule has 3 aromatic carbocycles. The second kappa shape index (κ2) is 7.50. The van der Waals surface area contributed by atoms with Crippen LogP contribution in [0, 0.1) is 6.92 Å². The van der Waals surface area contributed by atoms with Crippen LogP contribution in [0.1, 0.15) is 27.0 Å². The SMILES string of the molecule is Cc1ccc(COc2ccc(Cn3cc(C=O)c4ccccc43)cc2)cc1. The number of fused-ring (bicyclic) bond motifs is 1. The van der Waals surface area contributed by atoms with Crippen molar-refractivity contribution < 1.29 is 9.53 Å². The van der Waals surface area contributed by atoms with E-state index in [-0.39, 0.29) is 0 Å². The lowest BCUT2D eigenvalue weighted by Crippen LogP contribution is -1.99. The monoisotopic (exact) mass is 355 g/mol. The molecule has 27 heavy (non-hydrogen) atoms. The fourth-order valence-corrected chi connectivity index (χ4v) is 3.24. The van der Waals surface area contributed by atoms with Crippen LogP contribution >= 0.6 is 0 Å². The smallest absolute Gasteiger partial charge is 0.152 e. The van der Waals surface area contributed by atoms with Crippen LogP contribution in [0.2, 0.25) is 0 Å². The maximum atomic E-state index is 11.3. The van der Waals surface area contributed by atoms with Crippen LogP contribution in [0.5, 0.6) is 5.75 Å². The average Bonchev–Trinajstić information content (AvgIpc) is 3.06. The second-order valence-electron chi connectivity index (χ2n) is 6.77. The fraction of sp³-hybridized carbons (Fsp3) is 0.125. The van der Waals surface area contributed by atoms with Gasteiger partial charge < -0.3 is 9.30 Å². The third-order valence-electron chi connectivity index (χ3n) is 4.75. The van der Waals surface area contributed by atoms with Crippen LogP contribution < -0.4 is 4.74 Å². The zero-order chi connectivity index (χ0) is 18.6. The minimum atomic E-state index is 0.560. The molecule has 0 aliphatic rings. The molecule has 3 nitrogen and oxygen atoms in total. The van der Waals surface area contributed by atoms with Crippen molar-refractivity contribution in [1.29, 1.82) is 0 Å². The molecule has 0 bridgehead atoms. The number of ether oxygens (including phenoxy) is 1. The van der Waals surface area contributed by atoms with Crippen molar-refractivity contribution in [3.63, 3.8) is 0 Å². The molecule has 0 amide bonds. The Labute approximate surface area is 158 Å². The Morgan fingerprint density at radius 1 is 0.889 bits per heavy atom. The molecule has 0 aliphatic carbocycles. The van der Waals surface area contributed by atoms with Crippen molar-refractivity contribution in [3.8, 4) is 5.75 Å². The molecule has 3 heteroatoms. The Bertz CT molecular complexity index is 1060. The number of carbonyl (C=O) groups is 1. The number of aldehydes is 1. The first-order chi connectivity index (χ1) is 13.2. The Hall–Kier alpha value is -3.33. The summed E-state index contributed by atoms with van der Waals surface area (Å²) in [5, 5.41) is 0.991. The summed E-state index contributed by atoms with van der Waals surface area (Å²) in [5.74, 6) is 0.852. The van der Waals surface area contributed by atoms with E-state index in [1.807, 2.05) is 42.6 Å². The summed E-state index contributed by atoms with van der Waals surface area (Å²) in [6.45, 7) is 3.35. The number of para-hydroxylation sites is 1. The number of rotatable bonds is 6. The van der Waals surface area contributed by atoms with Crippen molar-refractivity contribution in [1.82, 2.24) is 4.57 Å². The fourth-order valence-electron chi connectivity index (χ4n) is 3.24. The first-order valence-electron chi connectivity index (χ1n) is 9.03. The van der Waals surface area contributed by atoms with Gasteiger partial charge in [-0.25, -0.2) is 0 Å². The molecule has 0 N–H and O–H groups in total. The van der Waals surface area contributed by atoms with Gasteiger partial charge in [-0.2, -0.15) is 0 Å². The molecule has 4 rings (SSSR count). The maximum Gasteiger partial charge on any atom is 0.152 e. The molecule has 0 radical (unpaired) electrons. The summed E-state index contributed by atoms with van der Waals surface area (Å²) < 4.78 is 7.99. The van der Waals surface area contributed by atoms with E-state index in [1.54, 1.807) is 0 Å². The van der Waals surface area contributed by atoms with Crippen LogP contribution in [-0.4, -0.2) is 10.9 Å². The predicted molar refractivity (Wildman–Crippen MR) is 108 cm³/mol. The van der Waals surface area contributed by atoms with Crippen LogP contribution in [0.15, 0.2) is 79.0 Å². The van der Waals surface area contributed by atoms with Gasteiger partial charge in [0.05, 0.1) is 0 Å². The number of aromatic nitrogens is 1. The van der Waals surface area contributed by atoms with Gasteiger partial charge in [-0.15, -0.1) is 0 Å². The molecule has 0 unspecified atom stereocenters. The van der Waals surface area contributed by atoms with E-state index in [2.05, 4.69) is 47.9 Å². The lowest BCUT2D eigenvalue weighted by atomic mass is 10.2. The van der Waals surface area contributed by atoms with E-state index in [4.69, 9.17) is 4.74 Å². The summed E-state index contributed by atoms with van der Waals surface area (Å²) in [6.07, 6.45) is 2.83. The minimum absolute atomic E-state index is 0.560. The Morgan fingerprint density at radius 3 is 2.33 bits per heavy atom. The lowest BCUT2D eigenvalue weighted by molar-refractivity contribution is 0.112. The van der Waals surface area contributed by atoms with Gasteiger partial charge >= 0.3 is 0 Å². The highest BCUT2D eigenvalue weighted by Gasteiger charge is 2.07. The summed E-state index contributed by atoms with van der Waals surface area (Å²) in [5.41, 5.74) is 5.36. The molecule has 0 atom stereocenters. The number of benzene rings is 3.